The minimum absolute atomic E-state index is 1.03. The average Bonchev–Trinajstić information content (AvgIpc) is 2.63. The molecule has 0 unspecified atom stereocenters. The van der Waals surface area contributed by atoms with E-state index in [-0.39, 0.29) is 0 Å². The van der Waals surface area contributed by atoms with Gasteiger partial charge in [-0.05, 0) is 32.1 Å². The third-order valence-electron chi connectivity index (χ3n) is 1.91. The second kappa shape index (κ2) is 6.69. The van der Waals surface area contributed by atoms with Gasteiger partial charge >= 0.3 is 0 Å². The van der Waals surface area contributed by atoms with Gasteiger partial charge in [0.1, 0.15) is 5.76 Å². The lowest BCUT2D eigenvalue weighted by atomic mass is 10.2. The topological polar surface area (TPSA) is 37.2 Å². The van der Waals surface area contributed by atoms with Crippen LogP contribution in [0.5, 0.6) is 0 Å². The van der Waals surface area contributed by atoms with Gasteiger partial charge in [0.15, 0.2) is 0 Å². The molecule has 0 aliphatic carbocycles. The van der Waals surface area contributed by atoms with Crippen LogP contribution >= 0.6 is 0 Å². The van der Waals surface area contributed by atoms with Crippen LogP contribution in [0.3, 0.4) is 0 Å². The van der Waals surface area contributed by atoms with Gasteiger partial charge in [-0.1, -0.05) is 0 Å². The molecule has 0 radical (unpaired) electrons. The second-order valence-corrected chi connectivity index (χ2v) is 3.04. The third kappa shape index (κ3) is 4.70. The van der Waals surface area contributed by atoms with Crippen LogP contribution in [-0.4, -0.2) is 26.7 Å². The van der Waals surface area contributed by atoms with Crippen LogP contribution < -0.4 is 10.6 Å². The van der Waals surface area contributed by atoms with E-state index in [1.807, 2.05) is 19.2 Å². The van der Waals surface area contributed by atoms with Gasteiger partial charge in [0, 0.05) is 19.5 Å². The quantitative estimate of drug-likeness (QED) is 0.618. The first-order valence-electron chi connectivity index (χ1n) is 4.81. The fraction of sp³-hybridized carbons (Fsp3) is 0.600. The molecule has 13 heavy (non-hydrogen) atoms. The minimum Gasteiger partial charge on any atom is -0.469 e. The van der Waals surface area contributed by atoms with Gasteiger partial charge in [-0.25, -0.2) is 0 Å². The predicted molar refractivity (Wildman–Crippen MR) is 53.8 cm³/mol. The number of nitrogens with one attached hydrogen (secondary N) is 2. The molecule has 3 nitrogen and oxygen atoms in total. The molecule has 0 fully saturated rings. The van der Waals surface area contributed by atoms with Gasteiger partial charge in [-0.2, -0.15) is 0 Å². The maximum absolute atomic E-state index is 5.22. The molecular weight excluding hydrogens is 164 g/mol. The summed E-state index contributed by atoms with van der Waals surface area (Å²) in [6.07, 6.45) is 3.89. The molecule has 0 amide bonds. The Morgan fingerprint density at radius 2 is 2.23 bits per heavy atom. The van der Waals surface area contributed by atoms with E-state index in [9.17, 15) is 0 Å². The Bertz CT molecular complexity index is 197. The van der Waals surface area contributed by atoms with Gasteiger partial charge in [-0.3, -0.25) is 0 Å². The molecule has 3 heteroatoms. The number of hydrogen-bond acceptors (Lipinski definition) is 3. The molecule has 0 aromatic carbocycles. The van der Waals surface area contributed by atoms with Crippen molar-refractivity contribution < 1.29 is 4.42 Å². The summed E-state index contributed by atoms with van der Waals surface area (Å²) < 4.78 is 5.22. The van der Waals surface area contributed by atoms with Crippen molar-refractivity contribution in [2.75, 3.05) is 26.7 Å². The lowest BCUT2D eigenvalue weighted by molar-refractivity contribution is 0.495. The van der Waals surface area contributed by atoms with E-state index in [2.05, 4.69) is 10.6 Å². The molecule has 0 saturated heterocycles. The maximum atomic E-state index is 5.22. The van der Waals surface area contributed by atoms with Crippen molar-refractivity contribution in [2.45, 2.75) is 12.8 Å². The van der Waals surface area contributed by atoms with Crippen LogP contribution in [0.25, 0.3) is 0 Å². The molecule has 0 atom stereocenters. The van der Waals surface area contributed by atoms with Crippen LogP contribution in [0.15, 0.2) is 22.8 Å². The van der Waals surface area contributed by atoms with E-state index in [0.717, 1.165) is 38.2 Å². The molecule has 0 spiro atoms. The van der Waals surface area contributed by atoms with Crippen LogP contribution in [-0.2, 0) is 6.42 Å². The van der Waals surface area contributed by atoms with E-state index in [4.69, 9.17) is 4.42 Å². The molecule has 0 aliphatic rings. The lowest BCUT2D eigenvalue weighted by Crippen LogP contribution is -2.25. The third-order valence-corrected chi connectivity index (χ3v) is 1.91. The molecule has 1 heterocycles. The monoisotopic (exact) mass is 182 g/mol. The van der Waals surface area contributed by atoms with Crippen molar-refractivity contribution in [3.8, 4) is 0 Å². The first-order valence-corrected chi connectivity index (χ1v) is 4.81. The second-order valence-electron chi connectivity index (χ2n) is 3.04. The fourth-order valence-electron chi connectivity index (χ4n) is 1.18. The zero-order chi connectivity index (χ0) is 9.36. The normalized spacial score (nSPS) is 10.5. The maximum Gasteiger partial charge on any atom is 0.103 e. The van der Waals surface area contributed by atoms with Crippen LogP contribution in [0.1, 0.15) is 12.2 Å². The molecule has 1 aromatic rings. The van der Waals surface area contributed by atoms with Gasteiger partial charge < -0.3 is 15.1 Å². The van der Waals surface area contributed by atoms with E-state index in [1.54, 1.807) is 6.26 Å². The Balaban J connectivity index is 1.90. The van der Waals surface area contributed by atoms with Crippen molar-refractivity contribution >= 4 is 0 Å². The van der Waals surface area contributed by atoms with Crippen LogP contribution in [0, 0.1) is 0 Å². The van der Waals surface area contributed by atoms with Crippen molar-refractivity contribution in [2.24, 2.45) is 0 Å². The zero-order valence-corrected chi connectivity index (χ0v) is 8.18. The average molecular weight is 182 g/mol. The summed E-state index contributed by atoms with van der Waals surface area (Å²) in [5, 5.41) is 6.44. The van der Waals surface area contributed by atoms with E-state index < -0.39 is 0 Å². The smallest absolute Gasteiger partial charge is 0.103 e. The lowest BCUT2D eigenvalue weighted by Gasteiger charge is -2.02. The number of rotatable bonds is 7. The number of hydrogen-bond donors (Lipinski definition) is 2. The SMILES string of the molecule is CNCCNCCCc1ccco1. The molecule has 1 rings (SSSR count). The van der Waals surface area contributed by atoms with Gasteiger partial charge in [0.25, 0.3) is 0 Å². The highest BCUT2D eigenvalue weighted by molar-refractivity contribution is 4.97. The summed E-state index contributed by atoms with van der Waals surface area (Å²) in [5.41, 5.74) is 0. The fourth-order valence-corrected chi connectivity index (χ4v) is 1.18. The first-order chi connectivity index (χ1) is 6.43. The molecule has 0 saturated carbocycles. The summed E-state index contributed by atoms with van der Waals surface area (Å²) in [7, 11) is 1.96. The molecule has 0 bridgehead atoms. The summed E-state index contributed by atoms with van der Waals surface area (Å²) >= 11 is 0. The molecule has 2 N–H and O–H groups in total. The van der Waals surface area contributed by atoms with Crippen LogP contribution in [0.4, 0.5) is 0 Å². The van der Waals surface area contributed by atoms with Crippen molar-refractivity contribution in [3.05, 3.63) is 24.2 Å². The minimum atomic E-state index is 1.03. The summed E-state index contributed by atoms with van der Waals surface area (Å²) in [6, 6.07) is 3.96. The number of furan rings is 1. The zero-order valence-electron chi connectivity index (χ0n) is 8.18. The Morgan fingerprint density at radius 1 is 1.31 bits per heavy atom. The van der Waals surface area contributed by atoms with Crippen molar-refractivity contribution in [1.82, 2.24) is 10.6 Å². The number of likely N-dealkylation sites (N-methyl/N-ethyl adjacent to an activating group) is 1. The van der Waals surface area contributed by atoms with E-state index in [1.165, 1.54) is 0 Å². The largest absolute Gasteiger partial charge is 0.469 e. The molecular formula is C10H18N2O. The summed E-state index contributed by atoms with van der Waals surface area (Å²) in [6.45, 7) is 3.12. The Kier molecular flexibility index (Phi) is 5.29. The van der Waals surface area contributed by atoms with Crippen molar-refractivity contribution in [1.29, 1.82) is 0 Å². The number of aryl methyl sites for hydroxylation is 1. The Labute approximate surface area is 79.5 Å². The van der Waals surface area contributed by atoms with E-state index in [0.29, 0.717) is 0 Å². The molecule has 0 aliphatic heterocycles. The first kappa shape index (κ1) is 10.3. The highest BCUT2D eigenvalue weighted by Gasteiger charge is 1.94. The Morgan fingerprint density at radius 3 is 2.92 bits per heavy atom. The standard InChI is InChI=1S/C10H18N2O/c1-11-7-8-12-6-2-4-10-5-3-9-13-10/h3,5,9,11-12H,2,4,6-8H2,1H3. The molecule has 74 valence electrons. The predicted octanol–water partition coefficient (Wildman–Crippen LogP) is 1.02. The van der Waals surface area contributed by atoms with Gasteiger partial charge in [0.2, 0.25) is 0 Å². The molecule has 1 aromatic heterocycles. The van der Waals surface area contributed by atoms with Gasteiger partial charge in [0.05, 0.1) is 6.26 Å². The Hall–Kier alpha value is -0.800. The highest BCUT2D eigenvalue weighted by Crippen LogP contribution is 2.02. The van der Waals surface area contributed by atoms with Crippen molar-refractivity contribution in [3.63, 3.8) is 0 Å². The summed E-state index contributed by atoms with van der Waals surface area (Å²) in [4.78, 5) is 0. The van der Waals surface area contributed by atoms with Gasteiger partial charge in [-0.15, -0.1) is 0 Å². The highest BCUT2D eigenvalue weighted by atomic mass is 16.3. The van der Waals surface area contributed by atoms with E-state index >= 15 is 0 Å². The van der Waals surface area contributed by atoms with Crippen LogP contribution in [0.2, 0.25) is 0 Å². The summed E-state index contributed by atoms with van der Waals surface area (Å²) in [5.74, 6) is 1.08.